The lowest BCUT2D eigenvalue weighted by molar-refractivity contribution is 0.0922. The molecular formula is C14H13Cl3N4O4. The molecule has 8 nitrogen and oxygen atoms in total. The molecule has 1 amide bonds. The Morgan fingerprint density at radius 3 is 2.60 bits per heavy atom. The number of nitrogens with two attached hydrogens (primary N) is 1. The molecule has 11 heteroatoms. The van der Waals surface area contributed by atoms with Crippen LogP contribution >= 0.6 is 34.8 Å². The van der Waals surface area contributed by atoms with Crippen LogP contribution in [0.2, 0.25) is 15.1 Å². The number of aromatic amines is 2. The van der Waals surface area contributed by atoms with Crippen LogP contribution < -0.4 is 27.0 Å². The van der Waals surface area contributed by atoms with Crippen molar-refractivity contribution in [2.75, 3.05) is 12.3 Å². The summed E-state index contributed by atoms with van der Waals surface area (Å²) in [6, 6.07) is 2.56. The van der Waals surface area contributed by atoms with Gasteiger partial charge in [-0.3, -0.25) is 14.6 Å². The first-order valence-electron chi connectivity index (χ1n) is 6.90. The fourth-order valence-corrected chi connectivity index (χ4v) is 2.43. The number of hydrogen-bond donors (Lipinski definition) is 4. The van der Waals surface area contributed by atoms with E-state index in [-0.39, 0.29) is 27.4 Å². The van der Waals surface area contributed by atoms with Gasteiger partial charge < -0.3 is 20.8 Å². The third kappa shape index (κ3) is 4.47. The molecule has 0 saturated carbocycles. The summed E-state index contributed by atoms with van der Waals surface area (Å²) in [5, 5.41) is 3.13. The molecule has 0 unspecified atom stereocenters. The van der Waals surface area contributed by atoms with Gasteiger partial charge in [-0.05, 0) is 19.1 Å². The van der Waals surface area contributed by atoms with E-state index in [0.29, 0.717) is 5.75 Å². The standard InChI is InChI=1S/C14H13Cl3N4O4/c1-5(4-25-7-3-2-6(15)8(16)9(7)17)19-13(23)11-10(18)12(22)21-14(24)20-11/h2-3,5H,4,18H2,1H3,(H,19,23)(H2,20,21,22,24)/t5-/m1/s1. The minimum atomic E-state index is -0.847. The zero-order valence-corrected chi connectivity index (χ0v) is 15.1. The topological polar surface area (TPSA) is 130 Å². The number of hydrogen-bond acceptors (Lipinski definition) is 5. The lowest BCUT2D eigenvalue weighted by Crippen LogP contribution is -2.40. The van der Waals surface area contributed by atoms with Crippen molar-refractivity contribution in [2.24, 2.45) is 0 Å². The van der Waals surface area contributed by atoms with E-state index in [4.69, 9.17) is 45.3 Å². The van der Waals surface area contributed by atoms with Gasteiger partial charge in [0.15, 0.2) is 0 Å². The highest BCUT2D eigenvalue weighted by atomic mass is 35.5. The van der Waals surface area contributed by atoms with Crippen molar-refractivity contribution in [3.63, 3.8) is 0 Å². The Morgan fingerprint density at radius 1 is 1.24 bits per heavy atom. The molecule has 0 radical (unpaired) electrons. The summed E-state index contributed by atoms with van der Waals surface area (Å²) in [6.45, 7) is 1.68. The third-order valence-electron chi connectivity index (χ3n) is 3.07. The summed E-state index contributed by atoms with van der Waals surface area (Å²) in [7, 11) is 0. The monoisotopic (exact) mass is 406 g/mol. The fourth-order valence-electron chi connectivity index (χ4n) is 1.85. The van der Waals surface area contributed by atoms with Crippen LogP contribution in [0.15, 0.2) is 21.7 Å². The number of carbonyl (C=O) groups is 1. The lowest BCUT2D eigenvalue weighted by Gasteiger charge is -2.16. The van der Waals surface area contributed by atoms with Crippen molar-refractivity contribution in [1.29, 1.82) is 0 Å². The van der Waals surface area contributed by atoms with Gasteiger partial charge in [-0.2, -0.15) is 0 Å². The second kappa shape index (κ2) is 7.81. The number of amides is 1. The van der Waals surface area contributed by atoms with Gasteiger partial charge >= 0.3 is 5.69 Å². The molecule has 2 aromatic rings. The van der Waals surface area contributed by atoms with Gasteiger partial charge in [0.25, 0.3) is 11.5 Å². The quantitative estimate of drug-likeness (QED) is 0.562. The van der Waals surface area contributed by atoms with E-state index in [2.05, 4.69) is 10.3 Å². The number of aromatic nitrogens is 2. The average molecular weight is 408 g/mol. The van der Waals surface area contributed by atoms with Gasteiger partial charge in [0.1, 0.15) is 28.8 Å². The normalized spacial score (nSPS) is 11.8. The highest BCUT2D eigenvalue weighted by molar-refractivity contribution is 6.48. The number of halogens is 3. The Morgan fingerprint density at radius 2 is 1.92 bits per heavy atom. The van der Waals surface area contributed by atoms with Crippen molar-refractivity contribution in [3.8, 4) is 5.75 Å². The molecule has 0 aliphatic rings. The van der Waals surface area contributed by atoms with E-state index in [1.165, 1.54) is 12.1 Å². The molecule has 2 rings (SSSR count). The molecule has 0 saturated heterocycles. The Bertz CT molecular complexity index is 925. The van der Waals surface area contributed by atoms with E-state index in [9.17, 15) is 14.4 Å². The van der Waals surface area contributed by atoms with Gasteiger partial charge in [0.05, 0.1) is 16.1 Å². The van der Waals surface area contributed by atoms with Gasteiger partial charge in [-0.25, -0.2) is 4.79 Å². The summed E-state index contributed by atoms with van der Waals surface area (Å²) >= 11 is 17.8. The SMILES string of the molecule is C[C@H](COc1ccc(Cl)c(Cl)c1Cl)NC(=O)c1[nH]c(=O)[nH]c(=O)c1N. The molecule has 1 aromatic heterocycles. The molecule has 0 aliphatic carbocycles. The summed E-state index contributed by atoms with van der Waals surface area (Å²) in [5.74, 6) is -0.432. The van der Waals surface area contributed by atoms with E-state index in [0.717, 1.165) is 0 Å². The first kappa shape index (κ1) is 19.2. The van der Waals surface area contributed by atoms with Crippen LogP contribution in [0, 0.1) is 0 Å². The van der Waals surface area contributed by atoms with E-state index in [1.54, 1.807) is 6.92 Å². The zero-order valence-electron chi connectivity index (χ0n) is 12.8. The number of nitrogen functional groups attached to an aromatic ring is 1. The van der Waals surface area contributed by atoms with E-state index >= 15 is 0 Å². The largest absolute Gasteiger partial charge is 0.490 e. The Kier molecular flexibility index (Phi) is 5.99. The van der Waals surface area contributed by atoms with Crippen LogP contribution in [0.5, 0.6) is 5.75 Å². The molecule has 0 fully saturated rings. The number of ether oxygens (including phenoxy) is 1. The predicted molar refractivity (Wildman–Crippen MR) is 96.0 cm³/mol. The van der Waals surface area contributed by atoms with Gasteiger partial charge in [-0.15, -0.1) is 0 Å². The van der Waals surface area contributed by atoms with Gasteiger partial charge in [0.2, 0.25) is 0 Å². The van der Waals surface area contributed by atoms with Crippen LogP contribution in [-0.2, 0) is 0 Å². The molecule has 1 atom stereocenters. The number of nitrogens with one attached hydrogen (secondary N) is 3. The van der Waals surface area contributed by atoms with Crippen molar-refractivity contribution in [3.05, 3.63) is 53.7 Å². The maximum Gasteiger partial charge on any atom is 0.326 e. The Labute approximate surface area is 156 Å². The van der Waals surface area contributed by atoms with Crippen molar-refractivity contribution >= 4 is 46.4 Å². The maximum atomic E-state index is 12.1. The number of benzene rings is 1. The highest BCUT2D eigenvalue weighted by Gasteiger charge is 2.17. The van der Waals surface area contributed by atoms with Gasteiger partial charge in [0, 0.05) is 0 Å². The minimum Gasteiger partial charge on any atom is -0.490 e. The first-order valence-corrected chi connectivity index (χ1v) is 8.03. The number of rotatable bonds is 5. The molecule has 25 heavy (non-hydrogen) atoms. The van der Waals surface area contributed by atoms with Crippen molar-refractivity contribution in [1.82, 2.24) is 15.3 Å². The van der Waals surface area contributed by atoms with Gasteiger partial charge in [-0.1, -0.05) is 34.8 Å². The molecule has 0 bridgehead atoms. The van der Waals surface area contributed by atoms with Crippen LogP contribution in [0.3, 0.4) is 0 Å². The summed E-state index contributed by atoms with van der Waals surface area (Å²) in [4.78, 5) is 38.9. The van der Waals surface area contributed by atoms with Crippen molar-refractivity contribution < 1.29 is 9.53 Å². The Hall–Kier alpha value is -2.16. The molecule has 1 heterocycles. The smallest absolute Gasteiger partial charge is 0.326 e. The molecule has 5 N–H and O–H groups in total. The summed E-state index contributed by atoms with van der Waals surface area (Å²) < 4.78 is 5.49. The molecule has 0 spiro atoms. The average Bonchev–Trinajstić information content (AvgIpc) is 2.55. The first-order chi connectivity index (χ1) is 11.7. The van der Waals surface area contributed by atoms with Crippen molar-refractivity contribution in [2.45, 2.75) is 13.0 Å². The fraction of sp³-hybridized carbons (Fsp3) is 0.214. The Balaban J connectivity index is 2.05. The second-order valence-electron chi connectivity index (χ2n) is 5.06. The summed E-state index contributed by atoms with van der Waals surface area (Å²) in [5.41, 5.74) is 3.09. The van der Waals surface area contributed by atoms with Crippen LogP contribution in [0.1, 0.15) is 17.4 Å². The van der Waals surface area contributed by atoms with E-state index in [1.807, 2.05) is 4.98 Å². The van der Waals surface area contributed by atoms with E-state index < -0.39 is 28.9 Å². The van der Waals surface area contributed by atoms with Crippen LogP contribution in [0.4, 0.5) is 5.69 Å². The second-order valence-corrected chi connectivity index (χ2v) is 6.22. The molecule has 1 aromatic carbocycles. The molecule has 0 aliphatic heterocycles. The van der Waals surface area contributed by atoms with Crippen LogP contribution in [-0.4, -0.2) is 28.5 Å². The third-order valence-corrected chi connectivity index (χ3v) is 4.35. The number of H-pyrrole nitrogens is 2. The molecular weight excluding hydrogens is 395 g/mol. The predicted octanol–water partition coefficient (Wildman–Crippen LogP) is 1.80. The number of anilines is 1. The number of carbonyl (C=O) groups excluding carboxylic acids is 1. The van der Waals surface area contributed by atoms with Crippen LogP contribution in [0.25, 0.3) is 0 Å². The minimum absolute atomic E-state index is 0.0384. The molecule has 134 valence electrons. The lowest BCUT2D eigenvalue weighted by atomic mass is 10.3. The maximum absolute atomic E-state index is 12.1. The zero-order chi connectivity index (χ0) is 18.7. The summed E-state index contributed by atoms with van der Waals surface area (Å²) in [6.07, 6.45) is 0. The highest BCUT2D eigenvalue weighted by Crippen LogP contribution is 2.37.